The van der Waals surface area contributed by atoms with E-state index in [-0.39, 0.29) is 0 Å². The Morgan fingerprint density at radius 3 is 2.44 bits per heavy atom. The average Bonchev–Trinajstić information content (AvgIpc) is 2.89. The molecule has 0 spiro atoms. The number of unbranched alkanes of at least 4 members (excludes halogenated alkanes) is 1. The van der Waals surface area contributed by atoms with Crippen LogP contribution in [0.4, 0.5) is 0 Å². The molecule has 0 bridgehead atoms. The van der Waals surface area contributed by atoms with Crippen molar-refractivity contribution in [2.75, 3.05) is 26.4 Å². The molecule has 0 heterocycles. The van der Waals surface area contributed by atoms with Crippen molar-refractivity contribution in [3.05, 3.63) is 113 Å². The van der Waals surface area contributed by atoms with Crippen molar-refractivity contribution >= 4 is 29.2 Å². The molecule has 0 saturated heterocycles. The fourth-order valence-electron chi connectivity index (χ4n) is 4.08. The molecular formula is C33H44N2S. The zero-order valence-corrected chi connectivity index (χ0v) is 23.8. The van der Waals surface area contributed by atoms with E-state index in [0.717, 1.165) is 30.8 Å². The number of benzene rings is 2. The second-order valence-corrected chi connectivity index (χ2v) is 10.0. The van der Waals surface area contributed by atoms with Crippen LogP contribution in [0, 0.1) is 6.92 Å². The zero-order valence-electron chi connectivity index (χ0n) is 22.9. The Hall–Kier alpha value is -2.75. The Balaban J connectivity index is 2.42. The Kier molecular flexibility index (Phi) is 13.2. The van der Waals surface area contributed by atoms with Gasteiger partial charge in [-0.1, -0.05) is 106 Å². The molecular weight excluding hydrogens is 456 g/mol. The number of hydrogen-bond acceptors (Lipinski definition) is 3. The fraction of sp³-hybridized carbons (Fsp3) is 0.333. The summed E-state index contributed by atoms with van der Waals surface area (Å²) in [6.07, 6.45) is 13.0. The third-order valence-corrected chi connectivity index (χ3v) is 6.99. The maximum Gasteiger partial charge on any atom is 0.0285 e. The molecule has 36 heavy (non-hydrogen) atoms. The molecule has 0 unspecified atom stereocenters. The van der Waals surface area contributed by atoms with Gasteiger partial charge in [0.1, 0.15) is 0 Å². The number of nitrogens with one attached hydrogen (secondary N) is 1. The maximum atomic E-state index is 4.06. The largest absolute Gasteiger partial charge is 0.378 e. The number of hydrogen-bond donors (Lipinski definition) is 1. The standard InChI is InChI=1S/C33H44N2S/c1-8-11-17-30(22-24-36-34-23-15-16-27(5)35(6)7)33(31-21-20-26(4)28(9-2)25-31)32(10-3)29-18-13-12-14-19-29/h9,12-16,18-22,25,34H,2,5,8,10-11,17,23-24H2,1,3-4,6-7H3/b16-15+,30-22+,33-32+. The van der Waals surface area contributed by atoms with Crippen LogP contribution < -0.4 is 4.72 Å². The summed E-state index contributed by atoms with van der Waals surface area (Å²) in [6.45, 7) is 15.6. The third-order valence-electron chi connectivity index (χ3n) is 6.29. The minimum atomic E-state index is 0.809. The predicted octanol–water partition coefficient (Wildman–Crippen LogP) is 8.94. The highest BCUT2D eigenvalue weighted by atomic mass is 32.2. The first-order valence-electron chi connectivity index (χ1n) is 13.0. The SMILES string of the molecule is C=Cc1cc(C(/C(=C/CSNC/C=C/C(=C)N(C)C)CCCC)=C(\CC)c2ccccc2)ccc1C. The van der Waals surface area contributed by atoms with E-state index in [9.17, 15) is 0 Å². The van der Waals surface area contributed by atoms with Crippen molar-refractivity contribution in [1.29, 1.82) is 0 Å². The van der Waals surface area contributed by atoms with Gasteiger partial charge in [0.2, 0.25) is 0 Å². The summed E-state index contributed by atoms with van der Waals surface area (Å²) in [5.41, 5.74) is 10.3. The number of allylic oxidation sites excluding steroid dienone is 4. The van der Waals surface area contributed by atoms with Gasteiger partial charge in [-0.2, -0.15) is 0 Å². The highest BCUT2D eigenvalue weighted by molar-refractivity contribution is 7.97. The minimum absolute atomic E-state index is 0.809. The van der Waals surface area contributed by atoms with Crippen LogP contribution >= 0.6 is 11.9 Å². The van der Waals surface area contributed by atoms with E-state index in [1.807, 2.05) is 25.1 Å². The molecule has 0 radical (unpaired) electrons. The van der Waals surface area contributed by atoms with Gasteiger partial charge < -0.3 is 4.90 Å². The first-order valence-corrected chi connectivity index (χ1v) is 14.0. The molecule has 0 aliphatic heterocycles. The topological polar surface area (TPSA) is 15.3 Å². The molecule has 0 fully saturated rings. The van der Waals surface area contributed by atoms with Crippen LogP contribution in [0.15, 0.2) is 91.2 Å². The molecule has 192 valence electrons. The van der Waals surface area contributed by atoms with Gasteiger partial charge in [0.15, 0.2) is 0 Å². The van der Waals surface area contributed by atoms with Gasteiger partial charge in [0, 0.05) is 32.1 Å². The van der Waals surface area contributed by atoms with Crippen molar-refractivity contribution < 1.29 is 0 Å². The molecule has 0 amide bonds. The molecule has 0 saturated carbocycles. The lowest BCUT2D eigenvalue weighted by Gasteiger charge is -2.20. The van der Waals surface area contributed by atoms with E-state index in [4.69, 9.17) is 0 Å². The third kappa shape index (κ3) is 9.04. The van der Waals surface area contributed by atoms with E-state index in [0.29, 0.717) is 0 Å². The van der Waals surface area contributed by atoms with Crippen LogP contribution in [0.3, 0.4) is 0 Å². The van der Waals surface area contributed by atoms with Crippen molar-refractivity contribution in [2.45, 2.75) is 46.5 Å². The Morgan fingerprint density at radius 2 is 1.81 bits per heavy atom. The summed E-state index contributed by atoms with van der Waals surface area (Å²) in [5, 5.41) is 0. The average molecular weight is 501 g/mol. The minimum Gasteiger partial charge on any atom is -0.378 e. The molecule has 1 N–H and O–H groups in total. The summed E-state index contributed by atoms with van der Waals surface area (Å²) in [6, 6.07) is 17.7. The molecule has 0 aliphatic rings. The summed E-state index contributed by atoms with van der Waals surface area (Å²) in [5.74, 6) is 0.914. The molecule has 2 nitrogen and oxygen atoms in total. The molecule has 3 heteroatoms. The van der Waals surface area contributed by atoms with Gasteiger partial charge in [-0.05, 0) is 77.3 Å². The van der Waals surface area contributed by atoms with Gasteiger partial charge in [-0.15, -0.1) is 0 Å². The van der Waals surface area contributed by atoms with Crippen LogP contribution in [0.25, 0.3) is 17.2 Å². The summed E-state index contributed by atoms with van der Waals surface area (Å²) >= 11 is 1.75. The van der Waals surface area contributed by atoms with Gasteiger partial charge in [-0.25, -0.2) is 0 Å². The Morgan fingerprint density at radius 1 is 1.06 bits per heavy atom. The van der Waals surface area contributed by atoms with E-state index in [2.05, 4.69) is 105 Å². The molecule has 2 aromatic rings. The van der Waals surface area contributed by atoms with Gasteiger partial charge in [0.05, 0.1) is 0 Å². The van der Waals surface area contributed by atoms with Gasteiger partial charge in [0.25, 0.3) is 0 Å². The van der Waals surface area contributed by atoms with E-state index >= 15 is 0 Å². The summed E-state index contributed by atoms with van der Waals surface area (Å²) in [4.78, 5) is 2.02. The maximum absolute atomic E-state index is 4.06. The first-order chi connectivity index (χ1) is 17.4. The van der Waals surface area contributed by atoms with Crippen molar-refractivity contribution in [2.24, 2.45) is 0 Å². The quantitative estimate of drug-likeness (QED) is 0.114. The second kappa shape index (κ2) is 16.1. The molecule has 0 aromatic heterocycles. The lowest BCUT2D eigenvalue weighted by atomic mass is 9.85. The van der Waals surface area contributed by atoms with Gasteiger partial charge >= 0.3 is 0 Å². The molecule has 2 aromatic carbocycles. The highest BCUT2D eigenvalue weighted by Crippen LogP contribution is 2.37. The Bertz CT molecular complexity index is 1070. The van der Waals surface area contributed by atoms with Crippen LogP contribution in [0.5, 0.6) is 0 Å². The molecule has 0 aliphatic carbocycles. The highest BCUT2D eigenvalue weighted by Gasteiger charge is 2.16. The normalized spacial score (nSPS) is 12.5. The monoisotopic (exact) mass is 500 g/mol. The zero-order chi connectivity index (χ0) is 26.3. The summed E-state index contributed by atoms with van der Waals surface area (Å²) < 4.78 is 3.47. The first kappa shape index (κ1) is 29.5. The van der Waals surface area contributed by atoms with E-state index in [1.54, 1.807) is 11.9 Å². The van der Waals surface area contributed by atoms with Crippen LogP contribution in [0.2, 0.25) is 0 Å². The van der Waals surface area contributed by atoms with Crippen molar-refractivity contribution in [1.82, 2.24) is 9.62 Å². The number of rotatable bonds is 15. The number of likely N-dealkylation sites (N-methyl/N-ethyl adjacent to an activating group) is 1. The smallest absolute Gasteiger partial charge is 0.0285 e. The Labute approximate surface area is 224 Å². The van der Waals surface area contributed by atoms with Crippen LogP contribution in [-0.2, 0) is 0 Å². The van der Waals surface area contributed by atoms with Crippen LogP contribution in [-0.4, -0.2) is 31.3 Å². The number of nitrogens with zero attached hydrogens (tertiary/aromatic N) is 1. The van der Waals surface area contributed by atoms with Gasteiger partial charge in [-0.3, -0.25) is 4.72 Å². The molecule has 2 rings (SSSR count). The van der Waals surface area contributed by atoms with Crippen molar-refractivity contribution in [3.63, 3.8) is 0 Å². The lowest BCUT2D eigenvalue weighted by molar-refractivity contribution is 0.532. The second-order valence-electron chi connectivity index (χ2n) is 9.13. The van der Waals surface area contributed by atoms with E-state index < -0.39 is 0 Å². The van der Waals surface area contributed by atoms with Crippen molar-refractivity contribution in [3.8, 4) is 0 Å². The molecule has 0 atom stereocenters. The number of aryl methyl sites for hydroxylation is 1. The lowest BCUT2D eigenvalue weighted by Crippen LogP contribution is -2.09. The van der Waals surface area contributed by atoms with E-state index in [1.165, 1.54) is 51.8 Å². The predicted molar refractivity (Wildman–Crippen MR) is 165 cm³/mol. The fourth-order valence-corrected chi connectivity index (χ4v) is 4.70. The summed E-state index contributed by atoms with van der Waals surface area (Å²) in [7, 11) is 4.02. The van der Waals surface area contributed by atoms with Crippen LogP contribution in [0.1, 0.15) is 61.8 Å².